The van der Waals surface area contributed by atoms with Crippen LogP contribution in [0.25, 0.3) is 0 Å². The molecule has 0 fully saturated rings. The number of Topliss-reactive ketones (excluding diaryl/α,β-unsaturated/α-hetero) is 1. The zero-order valence-corrected chi connectivity index (χ0v) is 8.41. The average Bonchev–Trinajstić information content (AvgIpc) is 2.07. The summed E-state index contributed by atoms with van der Waals surface area (Å²) in [5.41, 5.74) is 1.96. The molecule has 2 rings (SSSR count). The maximum absolute atomic E-state index is 11.2. The van der Waals surface area contributed by atoms with E-state index in [-0.39, 0.29) is 5.78 Å². The van der Waals surface area contributed by atoms with Gasteiger partial charge in [-0.1, -0.05) is 18.2 Å². The van der Waals surface area contributed by atoms with Crippen molar-refractivity contribution in [3.8, 4) is 0 Å². The van der Waals surface area contributed by atoms with Crippen LogP contribution >= 0.6 is 22.6 Å². The molecule has 0 spiro atoms. The summed E-state index contributed by atoms with van der Waals surface area (Å²) in [4.78, 5) is 15.4. The van der Waals surface area contributed by atoms with Crippen molar-refractivity contribution in [2.45, 2.75) is 6.42 Å². The van der Waals surface area contributed by atoms with Gasteiger partial charge < -0.3 is 0 Å². The van der Waals surface area contributed by atoms with E-state index in [4.69, 9.17) is 0 Å². The Balaban J connectivity index is 2.56. The van der Waals surface area contributed by atoms with Crippen molar-refractivity contribution < 1.29 is 4.79 Å². The Morgan fingerprint density at radius 1 is 1.33 bits per heavy atom. The van der Waals surface area contributed by atoms with E-state index in [1.807, 2.05) is 46.9 Å². The Morgan fingerprint density at radius 2 is 2.08 bits per heavy atom. The lowest BCUT2D eigenvalue weighted by Crippen LogP contribution is -2.13. The third kappa shape index (κ3) is 1.29. The van der Waals surface area contributed by atoms with Gasteiger partial charge in [-0.3, -0.25) is 4.79 Å². The lowest BCUT2D eigenvalue weighted by Gasteiger charge is -2.09. The topological polar surface area (TPSA) is 29.4 Å². The molecule has 1 heterocycles. The summed E-state index contributed by atoms with van der Waals surface area (Å²) in [5.74, 6) is 0.120. The standard InChI is InChI=1S/C9H6INO/c10-9-8(12)5-6-3-1-2-4-7(6)11-9/h1-4H,5H2. The van der Waals surface area contributed by atoms with Crippen LogP contribution in [0.1, 0.15) is 5.56 Å². The molecule has 60 valence electrons. The van der Waals surface area contributed by atoms with Gasteiger partial charge in [0.2, 0.25) is 0 Å². The smallest absolute Gasteiger partial charge is 0.191 e. The van der Waals surface area contributed by atoms with Crippen LogP contribution in [0, 0.1) is 0 Å². The molecule has 0 saturated heterocycles. The van der Waals surface area contributed by atoms with Gasteiger partial charge >= 0.3 is 0 Å². The number of rotatable bonds is 0. The molecule has 0 amide bonds. The van der Waals surface area contributed by atoms with E-state index in [9.17, 15) is 4.79 Å². The number of hydrogen-bond donors (Lipinski definition) is 0. The quantitative estimate of drug-likeness (QED) is 0.665. The molecule has 3 heteroatoms. The van der Waals surface area contributed by atoms with Gasteiger partial charge in [0.25, 0.3) is 0 Å². The van der Waals surface area contributed by atoms with E-state index in [1.54, 1.807) is 0 Å². The second-order valence-electron chi connectivity index (χ2n) is 2.63. The molecular formula is C9H6INO. The van der Waals surface area contributed by atoms with E-state index >= 15 is 0 Å². The van der Waals surface area contributed by atoms with Crippen molar-refractivity contribution in [1.29, 1.82) is 0 Å². The molecule has 1 aromatic rings. The van der Waals surface area contributed by atoms with Crippen LogP contribution in [0.3, 0.4) is 0 Å². The summed E-state index contributed by atoms with van der Waals surface area (Å²) in [6.07, 6.45) is 0.498. The summed E-state index contributed by atoms with van der Waals surface area (Å²) in [6.45, 7) is 0. The molecule has 0 bridgehead atoms. The van der Waals surface area contributed by atoms with Crippen LogP contribution < -0.4 is 0 Å². The highest BCUT2D eigenvalue weighted by Gasteiger charge is 2.16. The summed E-state index contributed by atoms with van der Waals surface area (Å²) in [6, 6.07) is 7.74. The summed E-state index contributed by atoms with van der Waals surface area (Å²) in [7, 11) is 0. The molecule has 0 radical (unpaired) electrons. The summed E-state index contributed by atoms with van der Waals surface area (Å²) >= 11 is 1.98. The second-order valence-corrected chi connectivity index (χ2v) is 3.65. The number of nitrogens with zero attached hydrogens (tertiary/aromatic N) is 1. The van der Waals surface area contributed by atoms with Crippen molar-refractivity contribution in [2.75, 3.05) is 0 Å². The molecule has 0 aliphatic carbocycles. The lowest BCUT2D eigenvalue weighted by molar-refractivity contribution is -0.112. The van der Waals surface area contributed by atoms with Crippen LogP contribution in [0.2, 0.25) is 0 Å². The minimum absolute atomic E-state index is 0.120. The fraction of sp³-hybridized carbons (Fsp3) is 0.111. The summed E-state index contributed by atoms with van der Waals surface area (Å²) in [5, 5.41) is 0. The van der Waals surface area contributed by atoms with Crippen LogP contribution in [-0.2, 0) is 11.2 Å². The van der Waals surface area contributed by atoms with Crippen molar-refractivity contribution >= 4 is 37.8 Å². The molecule has 1 aromatic carbocycles. The normalized spacial score (nSPS) is 15.4. The molecule has 1 aliphatic heterocycles. The predicted molar refractivity (Wildman–Crippen MR) is 56.3 cm³/mol. The molecule has 2 nitrogen and oxygen atoms in total. The van der Waals surface area contributed by atoms with Gasteiger partial charge in [0.05, 0.1) is 5.69 Å². The fourth-order valence-electron chi connectivity index (χ4n) is 1.18. The zero-order valence-electron chi connectivity index (χ0n) is 6.25. The number of hydrogen-bond acceptors (Lipinski definition) is 2. The third-order valence-corrected chi connectivity index (χ3v) is 2.63. The maximum Gasteiger partial charge on any atom is 0.191 e. The highest BCUT2D eigenvalue weighted by molar-refractivity contribution is 14.1. The largest absolute Gasteiger partial charge is 0.292 e. The Bertz CT molecular complexity index is 371. The van der Waals surface area contributed by atoms with Gasteiger partial charge in [0, 0.05) is 6.42 Å². The Kier molecular flexibility index (Phi) is 1.96. The number of benzene rings is 1. The first kappa shape index (κ1) is 7.91. The zero-order chi connectivity index (χ0) is 8.55. The minimum atomic E-state index is 0.120. The first-order valence-corrected chi connectivity index (χ1v) is 4.70. The van der Waals surface area contributed by atoms with Gasteiger partial charge in [-0.25, -0.2) is 4.99 Å². The Morgan fingerprint density at radius 3 is 2.92 bits per heavy atom. The van der Waals surface area contributed by atoms with Crippen LogP contribution in [0.5, 0.6) is 0 Å². The fourth-order valence-corrected chi connectivity index (χ4v) is 1.63. The number of ketones is 1. The van der Waals surface area contributed by atoms with Gasteiger partial charge in [0.15, 0.2) is 5.78 Å². The van der Waals surface area contributed by atoms with E-state index in [0.29, 0.717) is 10.1 Å². The number of carbonyl (C=O) groups is 1. The lowest BCUT2D eigenvalue weighted by atomic mass is 10.1. The van der Waals surface area contributed by atoms with Crippen molar-refractivity contribution in [2.24, 2.45) is 4.99 Å². The summed E-state index contributed by atoms with van der Waals surface area (Å²) < 4.78 is 0.589. The van der Waals surface area contributed by atoms with Crippen LogP contribution in [-0.4, -0.2) is 9.50 Å². The van der Waals surface area contributed by atoms with Gasteiger partial charge in [-0.05, 0) is 34.2 Å². The molecule has 0 saturated carbocycles. The van der Waals surface area contributed by atoms with Crippen molar-refractivity contribution in [1.82, 2.24) is 0 Å². The Hall–Kier alpha value is -0.710. The first-order chi connectivity index (χ1) is 5.77. The molecule has 0 aromatic heterocycles. The third-order valence-electron chi connectivity index (χ3n) is 1.79. The van der Waals surface area contributed by atoms with E-state index < -0.39 is 0 Å². The highest BCUT2D eigenvalue weighted by Crippen LogP contribution is 2.25. The van der Waals surface area contributed by atoms with Crippen LogP contribution in [0.4, 0.5) is 5.69 Å². The number of fused-ring (bicyclic) bond motifs is 1. The van der Waals surface area contributed by atoms with Gasteiger partial charge in [0.1, 0.15) is 3.72 Å². The molecule has 12 heavy (non-hydrogen) atoms. The van der Waals surface area contributed by atoms with E-state index in [0.717, 1.165) is 11.3 Å². The van der Waals surface area contributed by atoms with Crippen molar-refractivity contribution in [3.05, 3.63) is 29.8 Å². The molecular weight excluding hydrogens is 265 g/mol. The van der Waals surface area contributed by atoms with Gasteiger partial charge in [-0.15, -0.1) is 0 Å². The average molecular weight is 271 g/mol. The number of carbonyl (C=O) groups excluding carboxylic acids is 1. The minimum Gasteiger partial charge on any atom is -0.292 e. The van der Waals surface area contributed by atoms with Gasteiger partial charge in [-0.2, -0.15) is 0 Å². The Labute approximate surface area is 83.8 Å². The predicted octanol–water partition coefficient (Wildman–Crippen LogP) is 2.28. The number of para-hydroxylation sites is 1. The number of halogens is 1. The number of aliphatic imine (C=N–C) groups is 1. The highest BCUT2D eigenvalue weighted by atomic mass is 127. The van der Waals surface area contributed by atoms with E-state index in [2.05, 4.69) is 4.99 Å². The van der Waals surface area contributed by atoms with Crippen LogP contribution in [0.15, 0.2) is 29.3 Å². The van der Waals surface area contributed by atoms with Crippen molar-refractivity contribution in [3.63, 3.8) is 0 Å². The molecule has 0 N–H and O–H groups in total. The SMILES string of the molecule is O=C1Cc2ccccc2N=C1I. The molecule has 1 aliphatic rings. The monoisotopic (exact) mass is 271 g/mol. The first-order valence-electron chi connectivity index (χ1n) is 3.62. The second kappa shape index (κ2) is 2.97. The molecule has 0 atom stereocenters. The maximum atomic E-state index is 11.2. The van der Waals surface area contributed by atoms with E-state index in [1.165, 1.54) is 0 Å². The molecule has 0 unspecified atom stereocenters.